The molecule has 6 nitrogen and oxygen atoms in total. The van der Waals surface area contributed by atoms with Gasteiger partial charge in [-0.3, -0.25) is 0 Å². The van der Waals surface area contributed by atoms with Gasteiger partial charge in [-0.15, -0.1) is 0 Å². The van der Waals surface area contributed by atoms with E-state index in [-0.39, 0.29) is 22.4 Å². The SMILES string of the molecule is CC[C@@H](CCNS(=O)(=O)c1ccccc1)NS(=O)(=O)c1ccccc1. The van der Waals surface area contributed by atoms with Crippen LogP contribution >= 0.6 is 0 Å². The lowest BCUT2D eigenvalue weighted by Gasteiger charge is -2.17. The standard InChI is InChI=1S/C17H22N2O4S2/c1-2-15(19-25(22,23)17-11-7-4-8-12-17)13-14-18-24(20,21)16-9-5-3-6-10-16/h3-12,15,18-19H,2,13-14H2,1H3/t15-/m0/s1. The van der Waals surface area contributed by atoms with Crippen molar-refractivity contribution in [2.45, 2.75) is 35.6 Å². The normalized spacial score (nSPS) is 13.5. The summed E-state index contributed by atoms with van der Waals surface area (Å²) in [7, 11) is -7.20. The van der Waals surface area contributed by atoms with Crippen molar-refractivity contribution < 1.29 is 16.8 Å². The van der Waals surface area contributed by atoms with Gasteiger partial charge in [0.25, 0.3) is 0 Å². The van der Waals surface area contributed by atoms with Gasteiger partial charge in [-0.25, -0.2) is 26.3 Å². The van der Waals surface area contributed by atoms with Crippen LogP contribution in [0.2, 0.25) is 0 Å². The van der Waals surface area contributed by atoms with Gasteiger partial charge in [0.1, 0.15) is 0 Å². The first kappa shape index (κ1) is 19.6. The minimum Gasteiger partial charge on any atom is -0.211 e. The summed E-state index contributed by atoms with van der Waals surface area (Å²) in [6.07, 6.45) is 0.910. The average molecular weight is 383 g/mol. The van der Waals surface area contributed by atoms with E-state index in [9.17, 15) is 16.8 Å². The van der Waals surface area contributed by atoms with Crippen molar-refractivity contribution in [1.29, 1.82) is 0 Å². The van der Waals surface area contributed by atoms with E-state index in [1.807, 2.05) is 6.92 Å². The van der Waals surface area contributed by atoms with Crippen LogP contribution in [0.1, 0.15) is 19.8 Å². The Bertz CT molecular complexity index is 867. The third kappa shape index (κ3) is 5.64. The van der Waals surface area contributed by atoms with Crippen molar-refractivity contribution in [2.24, 2.45) is 0 Å². The molecule has 0 aromatic heterocycles. The van der Waals surface area contributed by atoms with Crippen LogP contribution in [0, 0.1) is 0 Å². The molecule has 2 rings (SSSR count). The smallest absolute Gasteiger partial charge is 0.211 e. The van der Waals surface area contributed by atoms with Gasteiger partial charge in [0.05, 0.1) is 9.79 Å². The lowest BCUT2D eigenvalue weighted by molar-refractivity contribution is 0.511. The topological polar surface area (TPSA) is 92.3 Å². The van der Waals surface area contributed by atoms with Crippen molar-refractivity contribution in [3.8, 4) is 0 Å². The first-order valence-corrected chi connectivity index (χ1v) is 10.9. The molecule has 0 saturated carbocycles. The maximum Gasteiger partial charge on any atom is 0.240 e. The van der Waals surface area contributed by atoms with Gasteiger partial charge in [-0.1, -0.05) is 43.3 Å². The molecule has 0 saturated heterocycles. The average Bonchev–Trinajstić information content (AvgIpc) is 2.62. The van der Waals surface area contributed by atoms with Gasteiger partial charge in [-0.05, 0) is 37.1 Å². The second-order valence-corrected chi connectivity index (χ2v) is 9.02. The number of benzene rings is 2. The third-order valence-corrected chi connectivity index (χ3v) is 6.72. The van der Waals surface area contributed by atoms with Crippen LogP contribution in [-0.4, -0.2) is 29.4 Å². The van der Waals surface area contributed by atoms with Gasteiger partial charge in [0.15, 0.2) is 0 Å². The molecule has 8 heteroatoms. The Morgan fingerprint density at radius 3 is 1.76 bits per heavy atom. The van der Waals surface area contributed by atoms with Crippen LogP contribution in [-0.2, 0) is 20.0 Å². The zero-order valence-corrected chi connectivity index (χ0v) is 15.6. The Kier molecular flexibility index (Phi) is 6.71. The lowest BCUT2D eigenvalue weighted by Crippen LogP contribution is -2.37. The Labute approximate surface area is 149 Å². The molecule has 0 amide bonds. The maximum atomic E-state index is 12.3. The zero-order valence-electron chi connectivity index (χ0n) is 13.9. The molecule has 0 spiro atoms. The summed E-state index contributed by atoms with van der Waals surface area (Å²) in [5, 5.41) is 0. The maximum absolute atomic E-state index is 12.3. The van der Waals surface area contributed by atoms with Crippen molar-refractivity contribution in [2.75, 3.05) is 6.54 Å². The van der Waals surface area contributed by atoms with Crippen LogP contribution < -0.4 is 9.44 Å². The molecular weight excluding hydrogens is 360 g/mol. The van der Waals surface area contributed by atoms with E-state index < -0.39 is 20.0 Å². The molecule has 0 fully saturated rings. The second-order valence-electron chi connectivity index (χ2n) is 5.54. The van der Waals surface area contributed by atoms with Crippen molar-refractivity contribution >= 4 is 20.0 Å². The quantitative estimate of drug-likeness (QED) is 0.695. The van der Waals surface area contributed by atoms with Crippen molar-refractivity contribution in [1.82, 2.24) is 9.44 Å². The summed E-state index contributed by atoms with van der Waals surface area (Å²) < 4.78 is 54.1. The highest BCUT2D eigenvalue weighted by Gasteiger charge is 2.19. The summed E-state index contributed by atoms with van der Waals surface area (Å²) >= 11 is 0. The summed E-state index contributed by atoms with van der Waals surface area (Å²) in [6.45, 7) is 2.00. The molecule has 0 radical (unpaired) electrons. The van der Waals surface area contributed by atoms with Gasteiger partial charge >= 0.3 is 0 Å². The third-order valence-electron chi connectivity index (χ3n) is 3.71. The molecular formula is C17H22N2O4S2. The highest BCUT2D eigenvalue weighted by atomic mass is 32.2. The molecule has 0 aliphatic carbocycles. The Morgan fingerprint density at radius 2 is 1.28 bits per heavy atom. The van der Waals surface area contributed by atoms with Gasteiger partial charge in [0.2, 0.25) is 20.0 Å². The first-order valence-electron chi connectivity index (χ1n) is 7.97. The highest BCUT2D eigenvalue weighted by molar-refractivity contribution is 7.89. The number of rotatable bonds is 9. The fraction of sp³-hybridized carbons (Fsp3) is 0.294. The van der Waals surface area contributed by atoms with Gasteiger partial charge in [-0.2, -0.15) is 0 Å². The summed E-state index contributed by atoms with van der Waals surface area (Å²) in [5.41, 5.74) is 0. The van der Waals surface area contributed by atoms with Crippen LogP contribution in [0.25, 0.3) is 0 Å². The fourth-order valence-corrected chi connectivity index (χ4v) is 4.73. The minimum absolute atomic E-state index is 0.146. The summed E-state index contributed by atoms with van der Waals surface area (Å²) in [5.74, 6) is 0. The zero-order chi connectivity index (χ0) is 18.3. The minimum atomic E-state index is -3.62. The van der Waals surface area contributed by atoms with Crippen molar-refractivity contribution in [3.63, 3.8) is 0 Å². The van der Waals surface area contributed by atoms with Crippen LogP contribution in [0.3, 0.4) is 0 Å². The first-order chi connectivity index (χ1) is 11.8. The van der Waals surface area contributed by atoms with Crippen LogP contribution in [0.15, 0.2) is 70.5 Å². The summed E-state index contributed by atoms with van der Waals surface area (Å²) in [6, 6.07) is 15.8. The molecule has 0 aliphatic heterocycles. The molecule has 1 atom stereocenters. The number of nitrogens with one attached hydrogen (secondary N) is 2. The van der Waals surface area contributed by atoms with E-state index in [4.69, 9.17) is 0 Å². The van der Waals surface area contributed by atoms with E-state index in [1.165, 1.54) is 24.3 Å². The number of sulfonamides is 2. The van der Waals surface area contributed by atoms with Gasteiger partial charge < -0.3 is 0 Å². The van der Waals surface area contributed by atoms with E-state index in [1.54, 1.807) is 36.4 Å². The predicted molar refractivity (Wildman–Crippen MR) is 97.1 cm³/mol. The molecule has 0 heterocycles. The predicted octanol–water partition coefficient (Wildman–Crippen LogP) is 2.11. The van der Waals surface area contributed by atoms with E-state index in [0.717, 1.165) is 0 Å². The molecule has 2 aromatic rings. The molecule has 0 bridgehead atoms. The molecule has 0 aliphatic rings. The largest absolute Gasteiger partial charge is 0.240 e. The monoisotopic (exact) mass is 382 g/mol. The molecule has 2 aromatic carbocycles. The van der Waals surface area contributed by atoms with Crippen molar-refractivity contribution in [3.05, 3.63) is 60.7 Å². The van der Waals surface area contributed by atoms with E-state index in [2.05, 4.69) is 9.44 Å². The van der Waals surface area contributed by atoms with Crippen LogP contribution in [0.5, 0.6) is 0 Å². The molecule has 0 unspecified atom stereocenters. The molecule has 25 heavy (non-hydrogen) atoms. The Morgan fingerprint density at radius 1 is 0.800 bits per heavy atom. The Hall–Kier alpha value is -1.74. The second kappa shape index (κ2) is 8.57. The highest BCUT2D eigenvalue weighted by Crippen LogP contribution is 2.11. The van der Waals surface area contributed by atoms with Crippen LogP contribution in [0.4, 0.5) is 0 Å². The Balaban J connectivity index is 1.95. The molecule has 2 N–H and O–H groups in total. The van der Waals surface area contributed by atoms with Gasteiger partial charge in [0, 0.05) is 12.6 Å². The lowest BCUT2D eigenvalue weighted by atomic mass is 10.2. The van der Waals surface area contributed by atoms with E-state index in [0.29, 0.717) is 12.8 Å². The summed E-state index contributed by atoms with van der Waals surface area (Å²) in [4.78, 5) is 0.381. The number of hydrogen-bond donors (Lipinski definition) is 2. The van der Waals surface area contributed by atoms with E-state index >= 15 is 0 Å². The molecule has 136 valence electrons. The fourth-order valence-electron chi connectivity index (χ4n) is 2.28. The number of hydrogen-bond acceptors (Lipinski definition) is 4.